The zero-order valence-electron chi connectivity index (χ0n) is 15.6. The van der Waals surface area contributed by atoms with Crippen molar-refractivity contribution in [3.63, 3.8) is 0 Å². The maximum absolute atomic E-state index is 11.7. The zero-order chi connectivity index (χ0) is 18.8. The quantitative estimate of drug-likeness (QED) is 0.442. The lowest BCUT2D eigenvalue weighted by atomic mass is 10.1. The third-order valence-electron chi connectivity index (χ3n) is 3.70. The fourth-order valence-electron chi connectivity index (χ4n) is 1.84. The number of benzene rings is 1. The van der Waals surface area contributed by atoms with E-state index in [1.54, 1.807) is 26.2 Å². The summed E-state index contributed by atoms with van der Waals surface area (Å²) in [5, 5.41) is 6.31. The van der Waals surface area contributed by atoms with E-state index in [1.165, 1.54) is 12.0 Å². The number of hydrogen-bond donors (Lipinski definition) is 2. The molecule has 0 aromatic heterocycles. The predicted octanol–water partition coefficient (Wildman–Crippen LogP) is 1.40. The number of nitrogens with zero attached hydrogens (tertiary/aromatic N) is 2. The molecule has 0 aliphatic heterocycles. The number of guanidine groups is 1. The number of amides is 1. The number of rotatable bonds is 7. The number of carbonyl (C=O) groups excluding carboxylic acids is 2. The number of hydrogen-bond acceptors (Lipinski definition) is 4. The van der Waals surface area contributed by atoms with Gasteiger partial charge in [-0.25, -0.2) is 9.79 Å². The van der Waals surface area contributed by atoms with E-state index in [-0.39, 0.29) is 24.5 Å². The Morgan fingerprint density at radius 2 is 1.88 bits per heavy atom. The molecular weight excluding hydrogens is 320 g/mol. The van der Waals surface area contributed by atoms with Crippen molar-refractivity contribution in [1.29, 1.82) is 0 Å². The molecular formula is C18H28N4O3. The summed E-state index contributed by atoms with van der Waals surface area (Å²) in [7, 11) is 4.78. The second kappa shape index (κ2) is 10.3. The summed E-state index contributed by atoms with van der Waals surface area (Å²) in [4.78, 5) is 29.2. The van der Waals surface area contributed by atoms with Gasteiger partial charge in [0.25, 0.3) is 0 Å². The molecule has 1 rings (SSSR count). The average molecular weight is 348 g/mol. The first-order valence-electron chi connectivity index (χ1n) is 8.29. The summed E-state index contributed by atoms with van der Waals surface area (Å²) < 4.78 is 4.68. The van der Waals surface area contributed by atoms with Crippen LogP contribution in [0.5, 0.6) is 0 Å². The molecule has 7 nitrogen and oxygen atoms in total. The van der Waals surface area contributed by atoms with Gasteiger partial charge in [0.05, 0.1) is 25.8 Å². The minimum atomic E-state index is -0.363. The zero-order valence-corrected chi connectivity index (χ0v) is 15.6. The summed E-state index contributed by atoms with van der Waals surface area (Å²) in [6, 6.07) is 7.33. The lowest BCUT2D eigenvalue weighted by molar-refractivity contribution is -0.127. The second-order valence-corrected chi connectivity index (χ2v) is 5.95. The van der Waals surface area contributed by atoms with E-state index in [1.807, 2.05) is 12.1 Å². The first-order chi connectivity index (χ1) is 11.9. The van der Waals surface area contributed by atoms with E-state index in [0.717, 1.165) is 12.0 Å². The van der Waals surface area contributed by atoms with Crippen LogP contribution in [0.25, 0.3) is 0 Å². The number of esters is 1. The highest BCUT2D eigenvalue weighted by atomic mass is 16.5. The van der Waals surface area contributed by atoms with Crippen molar-refractivity contribution in [3.8, 4) is 0 Å². The van der Waals surface area contributed by atoms with Gasteiger partial charge in [0.1, 0.15) is 0 Å². The van der Waals surface area contributed by atoms with Crippen LogP contribution in [-0.2, 0) is 16.1 Å². The summed E-state index contributed by atoms with van der Waals surface area (Å²) in [5.41, 5.74) is 1.46. The van der Waals surface area contributed by atoms with Gasteiger partial charge in [-0.1, -0.05) is 19.1 Å². The maximum atomic E-state index is 11.7. The number of ether oxygens (including phenoxy) is 1. The van der Waals surface area contributed by atoms with Gasteiger partial charge in [-0.3, -0.25) is 4.79 Å². The van der Waals surface area contributed by atoms with Gasteiger partial charge in [0, 0.05) is 20.1 Å². The average Bonchev–Trinajstić information content (AvgIpc) is 2.62. The summed E-state index contributed by atoms with van der Waals surface area (Å²) >= 11 is 0. The molecule has 2 N–H and O–H groups in total. The standard InChI is InChI=1S/C18H28N4O3/c1-6-13(2)21-18(20-12-16(23)22(3)4)19-11-14-7-9-15(10-8-14)17(24)25-5/h7-10,13H,6,11-12H2,1-5H3,(H2,19,20,21). The summed E-state index contributed by atoms with van der Waals surface area (Å²) in [6.45, 7) is 4.74. The van der Waals surface area contributed by atoms with Crippen molar-refractivity contribution in [2.75, 3.05) is 27.7 Å². The Bertz CT molecular complexity index is 597. The first-order valence-corrected chi connectivity index (χ1v) is 8.29. The topological polar surface area (TPSA) is 83.0 Å². The Morgan fingerprint density at radius 3 is 2.40 bits per heavy atom. The molecule has 1 amide bonds. The molecule has 0 saturated heterocycles. The van der Waals surface area contributed by atoms with Crippen LogP contribution in [0.2, 0.25) is 0 Å². The van der Waals surface area contributed by atoms with Crippen LogP contribution in [0.3, 0.4) is 0 Å². The van der Waals surface area contributed by atoms with Gasteiger partial charge >= 0.3 is 5.97 Å². The molecule has 7 heteroatoms. The van der Waals surface area contributed by atoms with E-state index >= 15 is 0 Å². The van der Waals surface area contributed by atoms with Gasteiger partial charge in [0.15, 0.2) is 5.96 Å². The smallest absolute Gasteiger partial charge is 0.337 e. The van der Waals surface area contributed by atoms with E-state index in [0.29, 0.717) is 18.1 Å². The van der Waals surface area contributed by atoms with Gasteiger partial charge in [-0.2, -0.15) is 0 Å². The van der Waals surface area contributed by atoms with Gasteiger partial charge < -0.3 is 20.3 Å². The fourth-order valence-corrected chi connectivity index (χ4v) is 1.84. The number of carbonyl (C=O) groups is 2. The summed E-state index contributed by atoms with van der Waals surface area (Å²) in [5.74, 6) is 0.195. The number of nitrogens with one attached hydrogen (secondary N) is 2. The van der Waals surface area contributed by atoms with Crippen LogP contribution in [0.15, 0.2) is 29.3 Å². The van der Waals surface area contributed by atoms with Gasteiger partial charge in [-0.15, -0.1) is 0 Å². The normalized spacial score (nSPS) is 12.3. The SMILES string of the molecule is CCC(C)NC(=NCc1ccc(C(=O)OC)cc1)NCC(=O)N(C)C. The number of aliphatic imine (C=N–C) groups is 1. The highest BCUT2D eigenvalue weighted by molar-refractivity contribution is 5.89. The first kappa shape index (κ1) is 20.5. The lowest BCUT2D eigenvalue weighted by Gasteiger charge is -2.18. The molecule has 25 heavy (non-hydrogen) atoms. The number of methoxy groups -OCH3 is 1. The molecule has 0 saturated carbocycles. The van der Waals surface area contributed by atoms with Crippen molar-refractivity contribution in [2.45, 2.75) is 32.9 Å². The third-order valence-corrected chi connectivity index (χ3v) is 3.70. The Morgan fingerprint density at radius 1 is 1.24 bits per heavy atom. The lowest BCUT2D eigenvalue weighted by Crippen LogP contribution is -2.45. The molecule has 0 fully saturated rings. The Balaban J connectivity index is 2.76. The molecule has 0 spiro atoms. The van der Waals surface area contributed by atoms with Crippen LogP contribution < -0.4 is 10.6 Å². The summed E-state index contributed by atoms with van der Waals surface area (Å²) in [6.07, 6.45) is 0.941. The van der Waals surface area contributed by atoms with E-state index in [2.05, 4.69) is 34.2 Å². The minimum Gasteiger partial charge on any atom is -0.465 e. The monoisotopic (exact) mass is 348 g/mol. The van der Waals surface area contributed by atoms with Crippen LogP contribution in [0.4, 0.5) is 0 Å². The van der Waals surface area contributed by atoms with Crippen LogP contribution in [0, 0.1) is 0 Å². The molecule has 0 radical (unpaired) electrons. The van der Waals surface area contributed by atoms with Crippen molar-refractivity contribution >= 4 is 17.8 Å². The van der Waals surface area contributed by atoms with E-state index < -0.39 is 0 Å². The van der Waals surface area contributed by atoms with Gasteiger partial charge in [-0.05, 0) is 31.0 Å². The molecule has 0 heterocycles. The van der Waals surface area contributed by atoms with Crippen LogP contribution in [0.1, 0.15) is 36.2 Å². The van der Waals surface area contributed by atoms with Gasteiger partial charge in [0.2, 0.25) is 5.91 Å². The molecule has 1 unspecified atom stereocenters. The molecule has 0 aliphatic rings. The molecule has 0 bridgehead atoms. The highest BCUT2D eigenvalue weighted by Crippen LogP contribution is 2.07. The molecule has 1 aromatic rings. The molecule has 1 aromatic carbocycles. The Labute approximate surface area is 149 Å². The third kappa shape index (κ3) is 7.24. The second-order valence-electron chi connectivity index (χ2n) is 5.95. The molecule has 1 atom stereocenters. The number of likely N-dealkylation sites (N-methyl/N-ethyl adjacent to an activating group) is 1. The van der Waals surface area contributed by atoms with Crippen molar-refractivity contribution in [2.24, 2.45) is 4.99 Å². The van der Waals surface area contributed by atoms with Crippen LogP contribution in [-0.4, -0.2) is 56.5 Å². The molecule has 0 aliphatic carbocycles. The van der Waals surface area contributed by atoms with E-state index in [9.17, 15) is 9.59 Å². The van der Waals surface area contributed by atoms with Crippen molar-refractivity contribution in [3.05, 3.63) is 35.4 Å². The van der Waals surface area contributed by atoms with Crippen LogP contribution >= 0.6 is 0 Å². The van der Waals surface area contributed by atoms with Crippen molar-refractivity contribution < 1.29 is 14.3 Å². The maximum Gasteiger partial charge on any atom is 0.337 e. The predicted molar refractivity (Wildman–Crippen MR) is 98.5 cm³/mol. The highest BCUT2D eigenvalue weighted by Gasteiger charge is 2.08. The van der Waals surface area contributed by atoms with E-state index in [4.69, 9.17) is 0 Å². The largest absolute Gasteiger partial charge is 0.465 e. The van der Waals surface area contributed by atoms with Crippen molar-refractivity contribution in [1.82, 2.24) is 15.5 Å². The molecule has 138 valence electrons. The Hall–Kier alpha value is -2.57. The fraction of sp³-hybridized carbons (Fsp3) is 0.500. The Kier molecular flexibility index (Phi) is 8.46. The minimum absolute atomic E-state index is 0.0268.